The molecular weight excluding hydrogens is 370 g/mol. The summed E-state index contributed by atoms with van der Waals surface area (Å²) in [5, 5.41) is 2.57. The molecule has 146 valence electrons. The van der Waals surface area contributed by atoms with E-state index in [9.17, 15) is 9.59 Å². The van der Waals surface area contributed by atoms with Crippen molar-refractivity contribution in [1.29, 1.82) is 0 Å². The van der Waals surface area contributed by atoms with Gasteiger partial charge >= 0.3 is 0 Å². The molecule has 0 unspecified atom stereocenters. The quantitative estimate of drug-likeness (QED) is 0.685. The maximum Gasteiger partial charge on any atom is 0.295 e. The maximum atomic E-state index is 12.9. The number of amides is 1. The molecule has 1 atom stereocenters. The van der Waals surface area contributed by atoms with Gasteiger partial charge in [-0.2, -0.15) is 0 Å². The van der Waals surface area contributed by atoms with Gasteiger partial charge in [0.1, 0.15) is 5.69 Å². The van der Waals surface area contributed by atoms with Gasteiger partial charge in [-0.1, -0.05) is 42.5 Å². The highest BCUT2D eigenvalue weighted by Crippen LogP contribution is 2.22. The van der Waals surface area contributed by atoms with Gasteiger partial charge in [-0.25, -0.2) is 4.68 Å². The molecule has 3 rings (SSSR count). The molecule has 0 aliphatic carbocycles. The molecule has 0 radical (unpaired) electrons. The predicted molar refractivity (Wildman–Crippen MR) is 116 cm³/mol. The Bertz CT molecular complexity index is 1040. The number of aromatic nitrogens is 2. The first kappa shape index (κ1) is 20.0. The van der Waals surface area contributed by atoms with Crippen molar-refractivity contribution in [2.45, 2.75) is 31.8 Å². The first-order valence-corrected chi connectivity index (χ1v) is 10.3. The molecule has 1 N–H and O–H groups in total. The van der Waals surface area contributed by atoms with Crippen LogP contribution in [0.25, 0.3) is 5.69 Å². The predicted octanol–water partition coefficient (Wildman–Crippen LogP) is 4.05. The van der Waals surface area contributed by atoms with Crippen LogP contribution in [0.4, 0.5) is 5.69 Å². The van der Waals surface area contributed by atoms with Gasteiger partial charge in [0.25, 0.3) is 5.56 Å². The second-order valence-corrected chi connectivity index (χ2v) is 8.13. The highest BCUT2D eigenvalue weighted by molar-refractivity contribution is 7.99. The fourth-order valence-electron chi connectivity index (χ4n) is 3.00. The van der Waals surface area contributed by atoms with E-state index in [4.69, 9.17) is 0 Å². The summed E-state index contributed by atoms with van der Waals surface area (Å²) in [6.07, 6.45) is 0. The number of rotatable bonds is 6. The summed E-state index contributed by atoms with van der Waals surface area (Å²) in [4.78, 5) is 25.6. The van der Waals surface area contributed by atoms with Crippen LogP contribution in [-0.2, 0) is 17.6 Å². The van der Waals surface area contributed by atoms with E-state index in [-0.39, 0.29) is 16.7 Å². The Morgan fingerprint density at radius 2 is 1.71 bits per heavy atom. The third-order valence-electron chi connectivity index (χ3n) is 4.92. The third kappa shape index (κ3) is 4.07. The molecule has 2 aromatic carbocycles. The molecule has 1 amide bonds. The molecule has 0 saturated carbocycles. The zero-order valence-electron chi connectivity index (χ0n) is 16.6. The second kappa shape index (κ2) is 8.52. The van der Waals surface area contributed by atoms with Crippen LogP contribution in [0.15, 0.2) is 59.4 Å². The van der Waals surface area contributed by atoms with Gasteiger partial charge in [-0.3, -0.25) is 14.3 Å². The Balaban J connectivity index is 1.75. The van der Waals surface area contributed by atoms with Crippen LogP contribution in [0.2, 0.25) is 0 Å². The number of carbonyl (C=O) groups is 1. The number of benzene rings is 2. The molecule has 28 heavy (non-hydrogen) atoms. The first-order chi connectivity index (χ1) is 13.4. The van der Waals surface area contributed by atoms with Crippen LogP contribution in [0, 0.1) is 13.8 Å². The van der Waals surface area contributed by atoms with Crippen LogP contribution in [0.5, 0.6) is 0 Å². The van der Waals surface area contributed by atoms with E-state index in [2.05, 4.69) is 24.4 Å². The molecule has 0 fully saturated rings. The Labute approximate surface area is 169 Å². The van der Waals surface area contributed by atoms with Crippen LogP contribution in [0.1, 0.15) is 23.7 Å². The van der Waals surface area contributed by atoms with Crippen molar-refractivity contribution in [1.82, 2.24) is 9.36 Å². The van der Waals surface area contributed by atoms with Gasteiger partial charge in [0.15, 0.2) is 0 Å². The fraction of sp³-hybridized carbons (Fsp3) is 0.273. The molecule has 6 heteroatoms. The summed E-state index contributed by atoms with van der Waals surface area (Å²) in [6.45, 7) is 5.77. The number of carbonyl (C=O) groups excluding carboxylic acids is 1. The minimum Gasteiger partial charge on any atom is -0.319 e. The first-order valence-electron chi connectivity index (χ1n) is 9.21. The van der Waals surface area contributed by atoms with Gasteiger partial charge in [0.05, 0.1) is 16.6 Å². The van der Waals surface area contributed by atoms with Gasteiger partial charge in [0.2, 0.25) is 5.91 Å². The molecule has 1 aromatic heterocycles. The van der Waals surface area contributed by atoms with Crippen molar-refractivity contribution in [2.75, 3.05) is 5.32 Å². The molecule has 0 aliphatic heterocycles. The summed E-state index contributed by atoms with van der Waals surface area (Å²) in [5.41, 5.74) is 4.02. The van der Waals surface area contributed by atoms with Gasteiger partial charge in [-0.05, 0) is 44.0 Å². The lowest BCUT2D eigenvalue weighted by molar-refractivity contribution is -0.115. The van der Waals surface area contributed by atoms with E-state index in [0.717, 1.165) is 17.1 Å². The zero-order valence-corrected chi connectivity index (χ0v) is 17.4. The highest BCUT2D eigenvalue weighted by atomic mass is 32.2. The molecule has 1 heterocycles. The minimum absolute atomic E-state index is 0.162. The Hall–Kier alpha value is -2.73. The number of aryl methyl sites for hydroxylation is 1. The van der Waals surface area contributed by atoms with Crippen LogP contribution in [-0.4, -0.2) is 20.5 Å². The molecule has 0 spiro atoms. The third-order valence-corrected chi connectivity index (χ3v) is 6.11. The van der Waals surface area contributed by atoms with Crippen molar-refractivity contribution in [2.24, 2.45) is 7.05 Å². The summed E-state index contributed by atoms with van der Waals surface area (Å²) < 4.78 is 3.33. The lowest BCUT2D eigenvalue weighted by atomic mass is 10.1. The number of thioether (sulfide) groups is 1. The topological polar surface area (TPSA) is 56.0 Å². The standard InChI is InChI=1S/C22H25N3O2S/c1-15-10-8-9-11-18(15)14-28-17(3)21(26)23-20-16(2)24(4)25(22(20)27)19-12-6-5-7-13-19/h5-13,17H,14H2,1-4H3,(H,23,26)/t17-/m1/s1. The molecular formula is C22H25N3O2S. The van der Waals surface area contributed by atoms with Crippen molar-refractivity contribution >= 4 is 23.4 Å². The van der Waals surface area contributed by atoms with E-state index in [1.165, 1.54) is 11.1 Å². The van der Waals surface area contributed by atoms with Crippen LogP contribution in [0.3, 0.4) is 0 Å². The fourth-order valence-corrected chi connectivity index (χ4v) is 3.96. The Morgan fingerprint density at radius 1 is 1.07 bits per heavy atom. The van der Waals surface area contributed by atoms with Crippen molar-refractivity contribution < 1.29 is 4.79 Å². The van der Waals surface area contributed by atoms with Gasteiger partial charge < -0.3 is 5.32 Å². The Kier molecular flexibility index (Phi) is 6.09. The zero-order chi connectivity index (χ0) is 20.3. The lowest BCUT2D eigenvalue weighted by Gasteiger charge is -2.12. The second-order valence-electron chi connectivity index (χ2n) is 6.81. The normalized spacial score (nSPS) is 12.0. The van der Waals surface area contributed by atoms with E-state index in [1.807, 2.05) is 63.4 Å². The number of hydrogen-bond donors (Lipinski definition) is 1. The maximum absolute atomic E-state index is 12.9. The Morgan fingerprint density at radius 3 is 2.39 bits per heavy atom. The van der Waals surface area contributed by atoms with E-state index in [1.54, 1.807) is 21.1 Å². The molecule has 0 saturated heterocycles. The molecule has 3 aromatic rings. The van der Waals surface area contributed by atoms with E-state index < -0.39 is 0 Å². The number of nitrogens with one attached hydrogen (secondary N) is 1. The highest BCUT2D eigenvalue weighted by Gasteiger charge is 2.21. The lowest BCUT2D eigenvalue weighted by Crippen LogP contribution is -2.27. The van der Waals surface area contributed by atoms with Crippen molar-refractivity contribution in [3.05, 3.63) is 81.8 Å². The van der Waals surface area contributed by atoms with E-state index >= 15 is 0 Å². The average molecular weight is 396 g/mol. The van der Waals surface area contributed by atoms with Crippen LogP contribution < -0.4 is 10.9 Å². The number of para-hydroxylation sites is 1. The van der Waals surface area contributed by atoms with Crippen LogP contribution >= 0.6 is 11.8 Å². The summed E-state index contributed by atoms with van der Waals surface area (Å²) in [7, 11) is 1.82. The number of hydrogen-bond acceptors (Lipinski definition) is 3. The minimum atomic E-state index is -0.274. The molecule has 0 aliphatic rings. The molecule has 0 bridgehead atoms. The van der Waals surface area contributed by atoms with Crippen molar-refractivity contribution in [3.8, 4) is 5.69 Å². The molecule has 5 nitrogen and oxygen atoms in total. The van der Waals surface area contributed by atoms with Crippen molar-refractivity contribution in [3.63, 3.8) is 0 Å². The monoisotopic (exact) mass is 395 g/mol. The number of anilines is 1. The van der Waals surface area contributed by atoms with Gasteiger partial charge in [-0.15, -0.1) is 11.8 Å². The average Bonchev–Trinajstić information content (AvgIpc) is 2.91. The summed E-state index contributed by atoms with van der Waals surface area (Å²) >= 11 is 1.56. The summed E-state index contributed by atoms with van der Waals surface area (Å²) in [6, 6.07) is 17.6. The smallest absolute Gasteiger partial charge is 0.295 e. The van der Waals surface area contributed by atoms with Gasteiger partial charge in [0, 0.05) is 12.8 Å². The number of nitrogens with zero attached hydrogens (tertiary/aromatic N) is 2. The largest absolute Gasteiger partial charge is 0.319 e. The SMILES string of the molecule is Cc1ccccc1CS[C@H](C)C(=O)Nc1c(C)n(C)n(-c2ccccc2)c1=O. The van der Waals surface area contributed by atoms with E-state index in [0.29, 0.717) is 5.69 Å². The summed E-state index contributed by atoms with van der Waals surface area (Å²) in [5.74, 6) is 0.591.